The molecule has 0 aliphatic carbocycles. The lowest BCUT2D eigenvalue weighted by molar-refractivity contribution is -0.140. The molecule has 128 valence electrons. The summed E-state index contributed by atoms with van der Waals surface area (Å²) in [4.78, 5) is 25.5. The zero-order valence-corrected chi connectivity index (χ0v) is 14.7. The molecule has 0 N–H and O–H groups in total. The maximum absolute atomic E-state index is 12.7. The largest absolute Gasteiger partial charge is 0.469 e. The third-order valence-electron chi connectivity index (χ3n) is 4.12. The molecule has 5 nitrogen and oxygen atoms in total. The molecule has 24 heavy (non-hydrogen) atoms. The number of para-hydroxylation sites is 1. The third-order valence-corrected chi connectivity index (χ3v) is 4.12. The predicted octanol–water partition coefficient (Wildman–Crippen LogP) is 3.12. The standard InChI is InChI=1S/C19H24N2O3/c1-14-13-17(15(2)21(14)16-9-6-5-7-10-16)19(23)20(3)12-8-11-18(22)24-4/h5-7,9-10,13H,8,11-12H2,1-4H3. The van der Waals surface area contributed by atoms with Crippen molar-refractivity contribution in [3.05, 3.63) is 53.3 Å². The Morgan fingerprint density at radius 1 is 1.17 bits per heavy atom. The average molecular weight is 328 g/mol. The fourth-order valence-corrected chi connectivity index (χ4v) is 2.82. The van der Waals surface area contributed by atoms with Crippen LogP contribution in [0, 0.1) is 13.8 Å². The summed E-state index contributed by atoms with van der Waals surface area (Å²) in [5, 5.41) is 0. The predicted molar refractivity (Wildman–Crippen MR) is 93.5 cm³/mol. The Balaban J connectivity index is 2.14. The van der Waals surface area contributed by atoms with Gasteiger partial charge in [0.05, 0.1) is 12.7 Å². The summed E-state index contributed by atoms with van der Waals surface area (Å²) in [7, 11) is 3.13. The van der Waals surface area contributed by atoms with E-state index in [0.717, 1.165) is 17.1 Å². The number of benzene rings is 1. The van der Waals surface area contributed by atoms with Crippen LogP contribution < -0.4 is 0 Å². The van der Waals surface area contributed by atoms with E-state index in [1.807, 2.05) is 50.2 Å². The number of hydrogen-bond acceptors (Lipinski definition) is 3. The average Bonchev–Trinajstić information content (AvgIpc) is 2.89. The molecule has 0 unspecified atom stereocenters. The number of amides is 1. The molecular weight excluding hydrogens is 304 g/mol. The Morgan fingerprint density at radius 3 is 2.46 bits per heavy atom. The highest BCUT2D eigenvalue weighted by atomic mass is 16.5. The Labute approximate surface area is 142 Å². The summed E-state index contributed by atoms with van der Waals surface area (Å²) in [6.07, 6.45) is 0.906. The summed E-state index contributed by atoms with van der Waals surface area (Å²) in [6, 6.07) is 11.9. The van der Waals surface area contributed by atoms with Crippen molar-refractivity contribution >= 4 is 11.9 Å². The quantitative estimate of drug-likeness (QED) is 0.766. The second-order valence-electron chi connectivity index (χ2n) is 5.86. The van der Waals surface area contributed by atoms with Gasteiger partial charge in [-0.15, -0.1) is 0 Å². The number of carbonyl (C=O) groups is 2. The molecule has 0 spiro atoms. The fourth-order valence-electron chi connectivity index (χ4n) is 2.82. The molecule has 0 radical (unpaired) electrons. The number of methoxy groups -OCH3 is 1. The van der Waals surface area contributed by atoms with E-state index < -0.39 is 0 Å². The van der Waals surface area contributed by atoms with E-state index in [9.17, 15) is 9.59 Å². The molecule has 1 amide bonds. The molecule has 0 fully saturated rings. The van der Waals surface area contributed by atoms with Gasteiger partial charge < -0.3 is 14.2 Å². The molecule has 0 atom stereocenters. The van der Waals surface area contributed by atoms with Gasteiger partial charge in [0.1, 0.15) is 0 Å². The lowest BCUT2D eigenvalue weighted by Crippen LogP contribution is -2.28. The first kappa shape index (κ1) is 17.8. The number of aryl methyl sites for hydroxylation is 1. The summed E-state index contributed by atoms with van der Waals surface area (Å²) < 4.78 is 6.70. The number of aromatic nitrogens is 1. The zero-order chi connectivity index (χ0) is 17.7. The lowest BCUT2D eigenvalue weighted by atomic mass is 10.2. The van der Waals surface area contributed by atoms with Crippen LogP contribution in [-0.4, -0.2) is 42.0 Å². The third kappa shape index (κ3) is 3.85. The number of carbonyl (C=O) groups excluding carboxylic acids is 2. The number of hydrogen-bond donors (Lipinski definition) is 0. The van der Waals surface area contributed by atoms with E-state index in [1.54, 1.807) is 11.9 Å². The number of ether oxygens (including phenoxy) is 1. The zero-order valence-electron chi connectivity index (χ0n) is 14.7. The highest BCUT2D eigenvalue weighted by molar-refractivity contribution is 5.95. The molecular formula is C19H24N2O3. The van der Waals surface area contributed by atoms with E-state index in [2.05, 4.69) is 9.30 Å². The van der Waals surface area contributed by atoms with E-state index in [1.165, 1.54) is 7.11 Å². The molecule has 0 bridgehead atoms. The first-order valence-electron chi connectivity index (χ1n) is 8.02. The van der Waals surface area contributed by atoms with Crippen LogP contribution >= 0.6 is 0 Å². The van der Waals surface area contributed by atoms with Gasteiger partial charge >= 0.3 is 5.97 Å². The van der Waals surface area contributed by atoms with Crippen LogP contribution in [0.15, 0.2) is 36.4 Å². The van der Waals surface area contributed by atoms with Crippen LogP contribution in [0.4, 0.5) is 0 Å². The number of nitrogens with zero attached hydrogens (tertiary/aromatic N) is 2. The molecule has 1 aromatic heterocycles. The van der Waals surface area contributed by atoms with Gasteiger partial charge in [0.15, 0.2) is 0 Å². The molecule has 0 saturated carbocycles. The monoisotopic (exact) mass is 328 g/mol. The lowest BCUT2D eigenvalue weighted by Gasteiger charge is -2.17. The van der Waals surface area contributed by atoms with Crippen molar-refractivity contribution in [3.63, 3.8) is 0 Å². The summed E-state index contributed by atoms with van der Waals surface area (Å²) in [6.45, 7) is 4.46. The van der Waals surface area contributed by atoms with E-state index in [4.69, 9.17) is 0 Å². The Bertz CT molecular complexity index is 720. The molecule has 0 aliphatic rings. The highest BCUT2D eigenvalue weighted by Gasteiger charge is 2.19. The van der Waals surface area contributed by atoms with Gasteiger partial charge in [-0.05, 0) is 38.5 Å². The minimum Gasteiger partial charge on any atom is -0.469 e. The van der Waals surface area contributed by atoms with Crippen LogP contribution in [-0.2, 0) is 9.53 Å². The fraction of sp³-hybridized carbons (Fsp3) is 0.368. The van der Waals surface area contributed by atoms with Crippen LogP contribution in [0.2, 0.25) is 0 Å². The van der Waals surface area contributed by atoms with Crippen LogP contribution in [0.3, 0.4) is 0 Å². The highest BCUT2D eigenvalue weighted by Crippen LogP contribution is 2.21. The van der Waals surface area contributed by atoms with Crippen molar-refractivity contribution in [2.75, 3.05) is 20.7 Å². The van der Waals surface area contributed by atoms with Crippen molar-refractivity contribution in [3.8, 4) is 5.69 Å². The second kappa shape index (κ2) is 7.81. The normalized spacial score (nSPS) is 10.5. The maximum atomic E-state index is 12.7. The maximum Gasteiger partial charge on any atom is 0.305 e. The van der Waals surface area contributed by atoms with E-state index in [0.29, 0.717) is 24.9 Å². The van der Waals surface area contributed by atoms with Gasteiger partial charge in [-0.2, -0.15) is 0 Å². The van der Waals surface area contributed by atoms with Crippen molar-refractivity contribution in [2.45, 2.75) is 26.7 Å². The Hall–Kier alpha value is -2.56. The van der Waals surface area contributed by atoms with Crippen molar-refractivity contribution in [1.82, 2.24) is 9.47 Å². The molecule has 1 heterocycles. The van der Waals surface area contributed by atoms with Crippen LogP contribution in [0.5, 0.6) is 0 Å². The summed E-state index contributed by atoms with van der Waals surface area (Å²) in [5.74, 6) is -0.284. The molecule has 2 aromatic rings. The van der Waals surface area contributed by atoms with Gasteiger partial charge in [-0.1, -0.05) is 18.2 Å². The van der Waals surface area contributed by atoms with Crippen molar-refractivity contribution in [2.24, 2.45) is 0 Å². The first-order valence-corrected chi connectivity index (χ1v) is 8.02. The number of esters is 1. The minimum absolute atomic E-state index is 0.0323. The summed E-state index contributed by atoms with van der Waals surface area (Å²) >= 11 is 0. The van der Waals surface area contributed by atoms with Crippen molar-refractivity contribution < 1.29 is 14.3 Å². The van der Waals surface area contributed by atoms with Gasteiger partial charge in [-0.25, -0.2) is 0 Å². The topological polar surface area (TPSA) is 51.5 Å². The summed E-state index contributed by atoms with van der Waals surface area (Å²) in [5.41, 5.74) is 3.67. The molecule has 1 aromatic carbocycles. The van der Waals surface area contributed by atoms with Gasteiger partial charge in [0, 0.05) is 37.1 Å². The first-order chi connectivity index (χ1) is 11.5. The Kier molecular flexibility index (Phi) is 5.79. The number of rotatable bonds is 6. The molecule has 5 heteroatoms. The van der Waals surface area contributed by atoms with Crippen molar-refractivity contribution in [1.29, 1.82) is 0 Å². The molecule has 2 rings (SSSR count). The Morgan fingerprint density at radius 2 is 1.83 bits per heavy atom. The van der Waals surface area contributed by atoms with Gasteiger partial charge in [0.25, 0.3) is 5.91 Å². The second-order valence-corrected chi connectivity index (χ2v) is 5.86. The molecule has 0 aliphatic heterocycles. The van der Waals surface area contributed by atoms with E-state index >= 15 is 0 Å². The van der Waals surface area contributed by atoms with Gasteiger partial charge in [0.2, 0.25) is 0 Å². The smallest absolute Gasteiger partial charge is 0.305 e. The van der Waals surface area contributed by atoms with Crippen LogP contribution in [0.25, 0.3) is 5.69 Å². The SMILES string of the molecule is COC(=O)CCCN(C)C(=O)c1cc(C)n(-c2ccccc2)c1C. The minimum atomic E-state index is -0.252. The van der Waals surface area contributed by atoms with Crippen LogP contribution in [0.1, 0.15) is 34.6 Å². The molecule has 0 saturated heterocycles. The van der Waals surface area contributed by atoms with E-state index in [-0.39, 0.29) is 11.9 Å². The van der Waals surface area contributed by atoms with Gasteiger partial charge in [-0.3, -0.25) is 9.59 Å².